The van der Waals surface area contributed by atoms with Crippen molar-refractivity contribution in [3.8, 4) is 11.8 Å². The lowest BCUT2D eigenvalue weighted by Gasteiger charge is -2.08. The van der Waals surface area contributed by atoms with Gasteiger partial charge in [0, 0.05) is 10.0 Å². The first-order valence-corrected chi connectivity index (χ1v) is 6.69. The molecule has 2 rings (SSSR count). The molecule has 5 nitrogen and oxygen atoms in total. The summed E-state index contributed by atoms with van der Waals surface area (Å²) >= 11 is 9.38. The molecule has 1 heterocycles. The number of hydrogen-bond acceptors (Lipinski definition) is 5. The summed E-state index contributed by atoms with van der Waals surface area (Å²) in [7, 11) is 2.86. The summed E-state index contributed by atoms with van der Waals surface area (Å²) in [6.45, 7) is 0. The Kier molecular flexibility index (Phi) is 4.57. The van der Waals surface area contributed by atoms with Crippen LogP contribution in [0.5, 0.6) is 11.8 Å². The molecule has 0 aliphatic heterocycles. The lowest BCUT2D eigenvalue weighted by Crippen LogP contribution is -2.09. The van der Waals surface area contributed by atoms with Crippen LogP contribution in [0.1, 0.15) is 16.1 Å². The molecule has 0 fully saturated rings. The fourth-order valence-corrected chi connectivity index (χ4v) is 2.14. The third-order valence-corrected chi connectivity index (χ3v) is 3.83. The predicted molar refractivity (Wildman–Crippen MR) is 77.7 cm³/mol. The number of benzene rings is 1. The molecule has 0 atom stereocenters. The lowest BCUT2D eigenvalue weighted by atomic mass is 10.1. The van der Waals surface area contributed by atoms with Crippen molar-refractivity contribution in [3.63, 3.8) is 0 Å². The maximum absolute atomic E-state index is 12.5. The first-order valence-electron chi connectivity index (χ1n) is 5.52. The van der Waals surface area contributed by atoms with Crippen molar-refractivity contribution >= 4 is 33.3 Å². The van der Waals surface area contributed by atoms with Crippen molar-refractivity contribution in [2.75, 3.05) is 14.2 Å². The van der Waals surface area contributed by atoms with Crippen LogP contribution in [-0.2, 0) is 0 Å². The molecule has 104 valence electrons. The van der Waals surface area contributed by atoms with Crippen molar-refractivity contribution in [1.29, 1.82) is 0 Å². The second-order valence-electron chi connectivity index (χ2n) is 3.70. The SMILES string of the molecule is COc1cnc(C(=O)c2cccc(Br)c2Cl)c(OC)n1. The van der Waals surface area contributed by atoms with Crippen LogP contribution in [0.25, 0.3) is 0 Å². The molecule has 0 amide bonds. The smallest absolute Gasteiger partial charge is 0.247 e. The Morgan fingerprint density at radius 3 is 2.70 bits per heavy atom. The van der Waals surface area contributed by atoms with Gasteiger partial charge >= 0.3 is 0 Å². The maximum Gasteiger partial charge on any atom is 0.247 e. The Balaban J connectivity index is 2.50. The molecule has 2 aromatic rings. The minimum Gasteiger partial charge on any atom is -0.480 e. The van der Waals surface area contributed by atoms with Crippen molar-refractivity contribution in [2.45, 2.75) is 0 Å². The Bertz CT molecular complexity index is 664. The lowest BCUT2D eigenvalue weighted by molar-refractivity contribution is 0.103. The molecule has 1 aromatic carbocycles. The van der Waals surface area contributed by atoms with Crippen LogP contribution in [0.15, 0.2) is 28.9 Å². The third kappa shape index (κ3) is 2.76. The summed E-state index contributed by atoms with van der Waals surface area (Å²) in [6, 6.07) is 5.07. The van der Waals surface area contributed by atoms with E-state index in [2.05, 4.69) is 25.9 Å². The average Bonchev–Trinajstić information content (AvgIpc) is 2.48. The number of carbonyl (C=O) groups is 1. The third-order valence-electron chi connectivity index (χ3n) is 2.53. The van der Waals surface area contributed by atoms with Gasteiger partial charge in [-0.3, -0.25) is 4.79 Å². The van der Waals surface area contributed by atoms with E-state index in [1.807, 2.05) is 0 Å². The standard InChI is InChI=1S/C13H10BrClN2O3/c1-19-9-6-16-11(13(17-9)20-2)12(18)7-4-3-5-8(14)10(7)15/h3-6H,1-2H3. The summed E-state index contributed by atoms with van der Waals surface area (Å²) in [5.74, 6) is -0.0209. The van der Waals surface area contributed by atoms with E-state index in [9.17, 15) is 4.79 Å². The molecule has 7 heteroatoms. The van der Waals surface area contributed by atoms with E-state index in [1.165, 1.54) is 20.4 Å². The number of rotatable bonds is 4. The van der Waals surface area contributed by atoms with Crippen molar-refractivity contribution < 1.29 is 14.3 Å². The van der Waals surface area contributed by atoms with Gasteiger partial charge in [-0.15, -0.1) is 0 Å². The van der Waals surface area contributed by atoms with Gasteiger partial charge in [-0.05, 0) is 28.1 Å². The molecular formula is C13H10BrClN2O3. The quantitative estimate of drug-likeness (QED) is 0.787. The molecular weight excluding hydrogens is 348 g/mol. The molecule has 0 N–H and O–H groups in total. The number of hydrogen-bond donors (Lipinski definition) is 0. The number of ketones is 1. The van der Waals surface area contributed by atoms with Gasteiger partial charge in [0.2, 0.25) is 17.5 Å². The van der Waals surface area contributed by atoms with E-state index in [1.54, 1.807) is 18.2 Å². The van der Waals surface area contributed by atoms with Crippen molar-refractivity contribution in [3.05, 3.63) is 45.1 Å². The zero-order valence-corrected chi connectivity index (χ0v) is 13.0. The van der Waals surface area contributed by atoms with E-state index in [4.69, 9.17) is 21.1 Å². The largest absolute Gasteiger partial charge is 0.480 e. The van der Waals surface area contributed by atoms with Crippen LogP contribution in [0.2, 0.25) is 5.02 Å². The topological polar surface area (TPSA) is 61.3 Å². The van der Waals surface area contributed by atoms with Crippen molar-refractivity contribution in [1.82, 2.24) is 9.97 Å². The fraction of sp³-hybridized carbons (Fsp3) is 0.154. The summed E-state index contributed by atoms with van der Waals surface area (Å²) in [6.07, 6.45) is 1.35. The van der Waals surface area contributed by atoms with Crippen molar-refractivity contribution in [2.24, 2.45) is 0 Å². The summed E-state index contributed by atoms with van der Waals surface area (Å²) < 4.78 is 10.6. The second kappa shape index (κ2) is 6.19. The summed E-state index contributed by atoms with van der Waals surface area (Å²) in [4.78, 5) is 20.5. The Hall–Kier alpha value is -1.66. The monoisotopic (exact) mass is 356 g/mol. The Labute approximate surface area is 129 Å². The number of methoxy groups -OCH3 is 2. The number of carbonyl (C=O) groups excluding carboxylic acids is 1. The van der Waals surface area contributed by atoms with E-state index >= 15 is 0 Å². The second-order valence-corrected chi connectivity index (χ2v) is 4.93. The predicted octanol–water partition coefficient (Wildman–Crippen LogP) is 3.14. The highest BCUT2D eigenvalue weighted by atomic mass is 79.9. The Morgan fingerprint density at radius 2 is 2.05 bits per heavy atom. The van der Waals surface area contributed by atoms with Gasteiger partial charge in [0.1, 0.15) is 0 Å². The highest BCUT2D eigenvalue weighted by molar-refractivity contribution is 9.10. The summed E-state index contributed by atoms with van der Waals surface area (Å²) in [5, 5.41) is 0.317. The zero-order chi connectivity index (χ0) is 14.7. The minimum atomic E-state index is -0.372. The van der Waals surface area contributed by atoms with Gasteiger partial charge in [-0.2, -0.15) is 4.98 Å². The number of halogens is 2. The van der Waals surface area contributed by atoms with E-state index in [-0.39, 0.29) is 23.2 Å². The highest BCUT2D eigenvalue weighted by Crippen LogP contribution is 2.29. The van der Waals surface area contributed by atoms with Crippen LogP contribution in [0.4, 0.5) is 0 Å². The molecule has 0 aliphatic carbocycles. The van der Waals surface area contributed by atoms with Crippen LogP contribution < -0.4 is 9.47 Å². The molecule has 20 heavy (non-hydrogen) atoms. The van der Waals surface area contributed by atoms with Gasteiger partial charge in [-0.1, -0.05) is 17.7 Å². The number of nitrogens with zero attached hydrogens (tertiary/aromatic N) is 2. The highest BCUT2D eigenvalue weighted by Gasteiger charge is 2.21. The molecule has 0 saturated heterocycles. The maximum atomic E-state index is 12.5. The molecule has 0 aliphatic rings. The molecule has 0 spiro atoms. The van der Waals surface area contributed by atoms with Gasteiger partial charge < -0.3 is 9.47 Å². The number of aromatic nitrogens is 2. The van der Waals surface area contributed by atoms with Gasteiger partial charge in [0.05, 0.1) is 25.4 Å². The number of ether oxygens (including phenoxy) is 2. The van der Waals surface area contributed by atoms with Crippen LogP contribution in [0.3, 0.4) is 0 Å². The Morgan fingerprint density at radius 1 is 1.30 bits per heavy atom. The van der Waals surface area contributed by atoms with E-state index in [0.717, 1.165) is 0 Å². The fourth-order valence-electron chi connectivity index (χ4n) is 1.56. The first-order chi connectivity index (χ1) is 9.58. The van der Waals surface area contributed by atoms with Crippen LogP contribution >= 0.6 is 27.5 Å². The summed E-state index contributed by atoms with van der Waals surface area (Å²) in [5.41, 5.74) is 0.395. The zero-order valence-electron chi connectivity index (χ0n) is 10.7. The molecule has 0 bridgehead atoms. The minimum absolute atomic E-state index is 0.0771. The molecule has 0 saturated carbocycles. The van der Waals surface area contributed by atoms with Crippen LogP contribution in [-0.4, -0.2) is 30.0 Å². The normalized spacial score (nSPS) is 10.2. The first kappa shape index (κ1) is 14.7. The average molecular weight is 358 g/mol. The van der Waals surface area contributed by atoms with Gasteiger partial charge in [0.25, 0.3) is 0 Å². The van der Waals surface area contributed by atoms with E-state index in [0.29, 0.717) is 15.1 Å². The van der Waals surface area contributed by atoms with Crippen LogP contribution in [0, 0.1) is 0 Å². The van der Waals surface area contributed by atoms with Gasteiger partial charge in [-0.25, -0.2) is 4.98 Å². The molecule has 0 radical (unpaired) electrons. The van der Waals surface area contributed by atoms with E-state index < -0.39 is 0 Å². The molecule has 0 unspecified atom stereocenters. The van der Waals surface area contributed by atoms with Gasteiger partial charge in [0.15, 0.2) is 5.69 Å². The molecule has 1 aromatic heterocycles.